The van der Waals surface area contributed by atoms with Gasteiger partial charge in [0.1, 0.15) is 5.41 Å². The molecule has 0 aromatic heterocycles. The third-order valence-corrected chi connectivity index (χ3v) is 6.51. The van der Waals surface area contributed by atoms with Gasteiger partial charge >= 0.3 is 0 Å². The van der Waals surface area contributed by atoms with Gasteiger partial charge in [-0.05, 0) is 56.3 Å². The largest absolute Gasteiger partial charge is 0.388 e. The van der Waals surface area contributed by atoms with Gasteiger partial charge in [0.05, 0.1) is 23.9 Å². The first-order valence-electron chi connectivity index (χ1n) is 8.60. The third-order valence-electron chi connectivity index (χ3n) is 6.51. The van der Waals surface area contributed by atoms with Crippen molar-refractivity contribution in [3.8, 4) is 6.07 Å². The molecule has 0 amide bonds. The molecule has 5 atom stereocenters. The minimum absolute atomic E-state index is 0.0383. The van der Waals surface area contributed by atoms with Gasteiger partial charge in [-0.3, -0.25) is 0 Å². The van der Waals surface area contributed by atoms with Crippen LogP contribution < -0.4 is 0 Å². The highest BCUT2D eigenvalue weighted by atomic mass is 16.5. The molecule has 0 aromatic carbocycles. The van der Waals surface area contributed by atoms with Crippen molar-refractivity contribution in [1.82, 2.24) is 0 Å². The molecule has 3 heteroatoms. The molecule has 1 N–H and O–H groups in total. The van der Waals surface area contributed by atoms with Crippen LogP contribution >= 0.6 is 0 Å². The van der Waals surface area contributed by atoms with Crippen LogP contribution in [0.1, 0.15) is 72.1 Å². The maximum Gasteiger partial charge on any atom is 0.114 e. The predicted molar refractivity (Wildman–Crippen MR) is 81.5 cm³/mol. The van der Waals surface area contributed by atoms with Crippen LogP contribution in [0.5, 0.6) is 0 Å². The number of fused-ring (bicyclic) bond motifs is 2. The minimum atomic E-state index is -0.846. The number of nitriles is 1. The van der Waals surface area contributed by atoms with E-state index in [0.29, 0.717) is 5.92 Å². The molecule has 0 spiro atoms. The molecule has 3 rings (SSSR count). The Labute approximate surface area is 128 Å². The van der Waals surface area contributed by atoms with Gasteiger partial charge in [0.15, 0.2) is 0 Å². The van der Waals surface area contributed by atoms with Crippen molar-refractivity contribution < 1.29 is 9.84 Å². The van der Waals surface area contributed by atoms with Crippen LogP contribution in [-0.4, -0.2) is 22.9 Å². The highest BCUT2D eigenvalue weighted by Crippen LogP contribution is 2.57. The third kappa shape index (κ3) is 2.32. The first-order valence-corrected chi connectivity index (χ1v) is 8.60. The second-order valence-electron chi connectivity index (χ2n) is 8.64. The van der Waals surface area contributed by atoms with Gasteiger partial charge < -0.3 is 9.84 Å². The Bertz CT molecular complexity index is 449. The molecule has 1 aliphatic carbocycles. The summed E-state index contributed by atoms with van der Waals surface area (Å²) in [6, 6.07) is 2.53. The summed E-state index contributed by atoms with van der Waals surface area (Å²) in [6.45, 7) is 6.88. The zero-order valence-electron chi connectivity index (χ0n) is 13.7. The first-order chi connectivity index (χ1) is 9.81. The highest BCUT2D eigenvalue weighted by molar-refractivity contribution is 5.21. The molecule has 2 heterocycles. The summed E-state index contributed by atoms with van der Waals surface area (Å²) in [5.74, 6) is 0.641. The second-order valence-corrected chi connectivity index (χ2v) is 8.64. The van der Waals surface area contributed by atoms with Gasteiger partial charge in [0.25, 0.3) is 0 Å². The monoisotopic (exact) mass is 291 g/mol. The van der Waals surface area contributed by atoms with Gasteiger partial charge in [-0.25, -0.2) is 0 Å². The van der Waals surface area contributed by atoms with Crippen LogP contribution in [0.4, 0.5) is 0 Å². The second kappa shape index (κ2) is 4.96. The van der Waals surface area contributed by atoms with Crippen LogP contribution in [0, 0.1) is 28.1 Å². The molecule has 2 saturated heterocycles. The quantitative estimate of drug-likeness (QED) is 0.747. The van der Waals surface area contributed by atoms with E-state index >= 15 is 0 Å². The van der Waals surface area contributed by atoms with Crippen LogP contribution in [0.25, 0.3) is 0 Å². The lowest BCUT2D eigenvalue weighted by Crippen LogP contribution is -2.53. The van der Waals surface area contributed by atoms with Gasteiger partial charge in [0, 0.05) is 0 Å². The molecule has 118 valence electrons. The molecule has 1 saturated carbocycles. The smallest absolute Gasteiger partial charge is 0.114 e. The van der Waals surface area contributed by atoms with Gasteiger partial charge in [0.2, 0.25) is 0 Å². The lowest BCUT2D eigenvalue weighted by atomic mass is 9.61. The Morgan fingerprint density at radius 2 is 1.90 bits per heavy atom. The van der Waals surface area contributed by atoms with E-state index in [4.69, 9.17) is 4.74 Å². The Morgan fingerprint density at radius 1 is 1.14 bits per heavy atom. The molecule has 2 aliphatic heterocycles. The van der Waals surface area contributed by atoms with E-state index < -0.39 is 11.0 Å². The average molecular weight is 291 g/mol. The summed E-state index contributed by atoms with van der Waals surface area (Å²) in [6.07, 6.45) is 7.67. The topological polar surface area (TPSA) is 53.2 Å². The predicted octanol–water partition coefficient (Wildman–Crippen LogP) is 3.81. The fraction of sp³-hybridized carbons (Fsp3) is 0.944. The summed E-state index contributed by atoms with van der Waals surface area (Å²) in [4.78, 5) is 0. The van der Waals surface area contributed by atoms with E-state index in [9.17, 15) is 10.4 Å². The molecule has 3 nitrogen and oxygen atoms in total. The zero-order chi connectivity index (χ0) is 15.3. The summed E-state index contributed by atoms with van der Waals surface area (Å²) in [5, 5.41) is 21.3. The maximum atomic E-state index is 11.4. The van der Waals surface area contributed by atoms with E-state index in [-0.39, 0.29) is 17.6 Å². The number of ether oxygens (including phenoxy) is 1. The summed E-state index contributed by atoms with van der Waals surface area (Å²) in [7, 11) is 0. The van der Waals surface area contributed by atoms with Crippen LogP contribution in [0.3, 0.4) is 0 Å². The molecule has 0 radical (unpaired) electrons. The van der Waals surface area contributed by atoms with E-state index in [1.54, 1.807) is 0 Å². The minimum Gasteiger partial charge on any atom is -0.388 e. The molecule has 0 aromatic rings. The van der Waals surface area contributed by atoms with Gasteiger partial charge in [-0.2, -0.15) is 5.26 Å². The van der Waals surface area contributed by atoms with Crippen molar-refractivity contribution in [1.29, 1.82) is 5.26 Å². The van der Waals surface area contributed by atoms with Crippen molar-refractivity contribution in [2.45, 2.75) is 89.9 Å². The van der Waals surface area contributed by atoms with E-state index in [0.717, 1.165) is 44.9 Å². The zero-order valence-corrected chi connectivity index (χ0v) is 13.7. The number of aliphatic hydroxyl groups is 1. The molecular formula is C18H29NO2. The molecule has 5 unspecified atom stereocenters. The fourth-order valence-electron chi connectivity index (χ4n) is 5.06. The van der Waals surface area contributed by atoms with E-state index in [1.165, 1.54) is 6.42 Å². The number of rotatable bonds is 1. The van der Waals surface area contributed by atoms with E-state index in [1.807, 2.05) is 0 Å². The Kier molecular flexibility index (Phi) is 3.62. The molecule has 2 bridgehead atoms. The number of nitrogens with zero attached hydrogens (tertiary/aromatic N) is 1. The first kappa shape index (κ1) is 15.3. The molecule has 3 fully saturated rings. The Balaban J connectivity index is 1.83. The summed E-state index contributed by atoms with van der Waals surface area (Å²) >= 11 is 0. The van der Waals surface area contributed by atoms with Crippen LogP contribution in [0.2, 0.25) is 0 Å². The van der Waals surface area contributed by atoms with Crippen molar-refractivity contribution in [3.05, 3.63) is 0 Å². The van der Waals surface area contributed by atoms with E-state index in [2.05, 4.69) is 26.8 Å². The number of hydrogen-bond acceptors (Lipinski definition) is 3. The Morgan fingerprint density at radius 3 is 2.43 bits per heavy atom. The lowest BCUT2D eigenvalue weighted by molar-refractivity contribution is -0.0957. The summed E-state index contributed by atoms with van der Waals surface area (Å²) < 4.78 is 5.95. The van der Waals surface area contributed by atoms with Gasteiger partial charge in [-0.1, -0.05) is 27.2 Å². The van der Waals surface area contributed by atoms with Crippen LogP contribution in [0.15, 0.2) is 0 Å². The maximum absolute atomic E-state index is 11.4. The van der Waals surface area contributed by atoms with Crippen molar-refractivity contribution in [2.24, 2.45) is 16.7 Å². The van der Waals surface area contributed by atoms with Gasteiger partial charge in [-0.15, -0.1) is 0 Å². The normalized spacial score (nSPS) is 47.1. The molecule has 21 heavy (non-hydrogen) atoms. The number of hydrogen-bond donors (Lipinski definition) is 1. The van der Waals surface area contributed by atoms with Crippen molar-refractivity contribution >= 4 is 0 Å². The standard InChI is InChI=1S/C18H29NO2/c1-16(2,3)13-5-4-9-18(20,10-8-13)17(12-19)11-14-6-7-15(17)21-14/h13-15,20H,4-11H2,1-3H3. The highest BCUT2D eigenvalue weighted by Gasteiger charge is 2.63. The van der Waals surface area contributed by atoms with Crippen molar-refractivity contribution in [2.75, 3.05) is 0 Å². The SMILES string of the molecule is CC(C)(C)C1CCCC(O)(C2(C#N)CC3CCC2O3)CC1. The van der Waals surface area contributed by atoms with Crippen LogP contribution in [-0.2, 0) is 4.74 Å². The van der Waals surface area contributed by atoms with Crippen molar-refractivity contribution in [3.63, 3.8) is 0 Å². The molecular weight excluding hydrogens is 262 g/mol. The lowest BCUT2D eigenvalue weighted by Gasteiger charge is -2.43. The fourth-order valence-corrected chi connectivity index (χ4v) is 5.06. The Hall–Kier alpha value is -0.590. The summed E-state index contributed by atoms with van der Waals surface area (Å²) in [5.41, 5.74) is -1.21. The average Bonchev–Trinajstić information content (AvgIpc) is 2.95. The molecule has 3 aliphatic rings.